The summed E-state index contributed by atoms with van der Waals surface area (Å²) in [5.74, 6) is -3.44. The molecule has 2 heterocycles. The van der Waals surface area contributed by atoms with Crippen LogP contribution in [0.3, 0.4) is 0 Å². The summed E-state index contributed by atoms with van der Waals surface area (Å²) >= 11 is -1.63. The standard InChI is InChI=1S/C20H15F2N5O4S2/c1-33(30,31)27-18-15(21)7-6-13(16(18)22)19(28)17-14-8-11(9-24-20(14)26-25-17)10-2-4-12(5-3-10)32(23)29/h2-9,27H,23H2,1H3,(H,24,25,26). The summed E-state index contributed by atoms with van der Waals surface area (Å²) in [4.78, 5) is 17.7. The van der Waals surface area contributed by atoms with Crippen molar-refractivity contribution in [3.05, 3.63) is 71.6 Å². The SMILES string of the molecule is CS(=O)(=O)Nc1c(F)ccc(C(=O)c2n[nH]c3ncc(-c4ccc([S+](N)[O-])cc4)cc23)c1F. The maximum absolute atomic E-state index is 14.9. The number of aromatic nitrogens is 3. The van der Waals surface area contributed by atoms with Crippen molar-refractivity contribution in [2.24, 2.45) is 5.14 Å². The molecule has 0 spiro atoms. The molecule has 0 saturated carbocycles. The number of carbonyl (C=O) groups excluding carboxylic acids is 1. The van der Waals surface area contributed by atoms with Gasteiger partial charge in [-0.15, -0.1) is 5.14 Å². The number of rotatable bonds is 6. The van der Waals surface area contributed by atoms with Crippen LogP contribution in [0.25, 0.3) is 22.2 Å². The Hall–Kier alpha value is -3.39. The van der Waals surface area contributed by atoms with Gasteiger partial charge in [0.2, 0.25) is 15.8 Å². The van der Waals surface area contributed by atoms with Gasteiger partial charge in [0.15, 0.2) is 16.4 Å². The molecule has 1 atom stereocenters. The average Bonchev–Trinajstić information content (AvgIpc) is 3.19. The van der Waals surface area contributed by atoms with E-state index in [0.29, 0.717) is 16.0 Å². The van der Waals surface area contributed by atoms with Gasteiger partial charge < -0.3 is 4.55 Å². The number of H-pyrrole nitrogens is 1. The number of nitrogens with zero attached hydrogens (tertiary/aromatic N) is 2. The van der Waals surface area contributed by atoms with E-state index in [9.17, 15) is 26.5 Å². The Morgan fingerprint density at radius 3 is 2.48 bits per heavy atom. The van der Waals surface area contributed by atoms with Gasteiger partial charge in [-0.05, 0) is 48.0 Å². The van der Waals surface area contributed by atoms with E-state index in [1.807, 2.05) is 0 Å². The normalized spacial score (nSPS) is 12.6. The Morgan fingerprint density at radius 1 is 1.15 bits per heavy atom. The van der Waals surface area contributed by atoms with Crippen molar-refractivity contribution >= 4 is 43.9 Å². The van der Waals surface area contributed by atoms with Gasteiger partial charge in [0, 0.05) is 11.8 Å². The van der Waals surface area contributed by atoms with Crippen LogP contribution in [0.4, 0.5) is 14.5 Å². The zero-order chi connectivity index (χ0) is 23.9. The number of hydrogen-bond donors (Lipinski definition) is 3. The molecule has 4 aromatic rings. The highest BCUT2D eigenvalue weighted by atomic mass is 32.2. The Balaban J connectivity index is 1.77. The van der Waals surface area contributed by atoms with E-state index < -0.39 is 50.1 Å². The number of hydrogen-bond acceptors (Lipinski definition) is 7. The van der Waals surface area contributed by atoms with Crippen LogP contribution in [-0.2, 0) is 21.4 Å². The number of carbonyl (C=O) groups is 1. The molecule has 0 bridgehead atoms. The number of nitrogens with two attached hydrogens (primary N) is 1. The van der Waals surface area contributed by atoms with Gasteiger partial charge >= 0.3 is 0 Å². The highest BCUT2D eigenvalue weighted by Crippen LogP contribution is 2.28. The molecule has 1 unspecified atom stereocenters. The van der Waals surface area contributed by atoms with Crippen LogP contribution in [0.5, 0.6) is 0 Å². The van der Waals surface area contributed by atoms with Crippen LogP contribution in [0.1, 0.15) is 16.1 Å². The van der Waals surface area contributed by atoms with Gasteiger partial charge in [-0.25, -0.2) is 22.2 Å². The first kappa shape index (κ1) is 22.8. The lowest BCUT2D eigenvalue weighted by Gasteiger charge is -2.09. The minimum atomic E-state index is -4.00. The number of anilines is 1. The van der Waals surface area contributed by atoms with Gasteiger partial charge in [0.05, 0.1) is 28.6 Å². The van der Waals surface area contributed by atoms with E-state index >= 15 is 0 Å². The van der Waals surface area contributed by atoms with Crippen LogP contribution >= 0.6 is 0 Å². The summed E-state index contributed by atoms with van der Waals surface area (Å²) < 4.78 is 64.9. The van der Waals surface area contributed by atoms with Crippen molar-refractivity contribution in [1.29, 1.82) is 0 Å². The van der Waals surface area contributed by atoms with Gasteiger partial charge in [-0.3, -0.25) is 14.6 Å². The second-order valence-electron chi connectivity index (χ2n) is 7.00. The third-order valence-corrected chi connectivity index (χ3v) is 5.99. The van der Waals surface area contributed by atoms with Crippen LogP contribution in [0, 0.1) is 11.6 Å². The van der Waals surface area contributed by atoms with Crippen LogP contribution in [-0.4, -0.2) is 40.2 Å². The Labute approximate surface area is 189 Å². The van der Waals surface area contributed by atoms with Gasteiger partial charge in [-0.2, -0.15) is 5.10 Å². The zero-order valence-corrected chi connectivity index (χ0v) is 18.4. The zero-order valence-electron chi connectivity index (χ0n) is 16.8. The fourth-order valence-electron chi connectivity index (χ4n) is 3.15. The number of pyridine rings is 1. The number of nitrogens with one attached hydrogen (secondary N) is 2. The van der Waals surface area contributed by atoms with Crippen molar-refractivity contribution in [1.82, 2.24) is 15.2 Å². The summed E-state index contributed by atoms with van der Waals surface area (Å²) in [5, 5.41) is 12.1. The van der Waals surface area contributed by atoms with Crippen LogP contribution < -0.4 is 9.86 Å². The molecular weight excluding hydrogens is 476 g/mol. The summed E-state index contributed by atoms with van der Waals surface area (Å²) in [6.45, 7) is 0. The number of halogens is 2. The van der Waals surface area contributed by atoms with Crippen molar-refractivity contribution in [3.8, 4) is 11.1 Å². The van der Waals surface area contributed by atoms with Crippen LogP contribution in [0.15, 0.2) is 53.6 Å². The van der Waals surface area contributed by atoms with Gasteiger partial charge in [0.25, 0.3) is 0 Å². The van der Waals surface area contributed by atoms with E-state index in [-0.39, 0.29) is 16.7 Å². The van der Waals surface area contributed by atoms with E-state index in [2.05, 4.69) is 15.2 Å². The topological polar surface area (TPSA) is 154 Å². The summed E-state index contributed by atoms with van der Waals surface area (Å²) in [7, 11) is -4.00. The molecule has 0 amide bonds. The molecule has 33 heavy (non-hydrogen) atoms. The largest absolute Gasteiger partial charge is 0.593 e. The minimum absolute atomic E-state index is 0.185. The molecule has 9 nitrogen and oxygen atoms in total. The average molecular weight is 492 g/mol. The Kier molecular flexibility index (Phi) is 5.88. The van der Waals surface area contributed by atoms with Crippen LogP contribution in [0.2, 0.25) is 0 Å². The lowest BCUT2D eigenvalue weighted by atomic mass is 10.0. The quantitative estimate of drug-likeness (QED) is 0.277. The van der Waals surface area contributed by atoms with Gasteiger partial charge in [0.1, 0.15) is 17.2 Å². The molecule has 0 radical (unpaired) electrons. The smallest absolute Gasteiger partial charge is 0.230 e. The predicted molar refractivity (Wildman–Crippen MR) is 118 cm³/mol. The number of aromatic amines is 1. The van der Waals surface area contributed by atoms with E-state index in [1.165, 1.54) is 6.20 Å². The summed E-state index contributed by atoms with van der Waals surface area (Å²) in [5.41, 5.74) is -0.193. The molecule has 2 aromatic carbocycles. The highest BCUT2D eigenvalue weighted by molar-refractivity contribution is 7.92. The molecule has 0 saturated heterocycles. The first-order valence-corrected chi connectivity index (χ1v) is 12.3. The first-order chi connectivity index (χ1) is 15.5. The first-order valence-electron chi connectivity index (χ1n) is 9.16. The molecule has 0 aliphatic heterocycles. The molecule has 4 N–H and O–H groups in total. The van der Waals surface area contributed by atoms with Gasteiger partial charge in [-0.1, -0.05) is 0 Å². The third-order valence-electron chi connectivity index (χ3n) is 4.67. The monoisotopic (exact) mass is 491 g/mol. The van der Waals surface area contributed by atoms with E-state index in [4.69, 9.17) is 5.14 Å². The maximum Gasteiger partial charge on any atom is 0.230 e. The molecule has 0 aliphatic carbocycles. The third kappa shape index (κ3) is 4.57. The molecule has 4 rings (SSSR count). The molecular formula is C20H15F2N5O4S2. The lowest BCUT2D eigenvalue weighted by Crippen LogP contribution is -2.15. The van der Waals surface area contributed by atoms with Crippen molar-refractivity contribution in [3.63, 3.8) is 0 Å². The van der Waals surface area contributed by atoms with Crippen molar-refractivity contribution in [2.45, 2.75) is 4.90 Å². The molecule has 2 aromatic heterocycles. The molecule has 13 heteroatoms. The maximum atomic E-state index is 14.9. The van der Waals surface area contributed by atoms with E-state index in [0.717, 1.165) is 18.4 Å². The summed E-state index contributed by atoms with van der Waals surface area (Å²) in [6, 6.07) is 9.81. The van der Waals surface area contributed by atoms with Crippen molar-refractivity contribution in [2.75, 3.05) is 11.0 Å². The predicted octanol–water partition coefficient (Wildman–Crippen LogP) is 2.49. The number of benzene rings is 2. The fraction of sp³-hybridized carbons (Fsp3) is 0.0500. The van der Waals surface area contributed by atoms with Crippen molar-refractivity contribution < 1.29 is 26.5 Å². The fourth-order valence-corrected chi connectivity index (χ4v) is 4.11. The molecule has 0 aliphatic rings. The summed E-state index contributed by atoms with van der Waals surface area (Å²) in [6.07, 6.45) is 2.25. The number of ketones is 1. The Bertz CT molecular complexity index is 1490. The second kappa shape index (κ2) is 8.51. The minimum Gasteiger partial charge on any atom is -0.593 e. The Morgan fingerprint density at radius 2 is 1.85 bits per heavy atom. The number of sulfonamides is 1. The highest BCUT2D eigenvalue weighted by Gasteiger charge is 2.25. The molecule has 170 valence electrons. The molecule has 0 fully saturated rings. The van der Waals surface area contributed by atoms with E-state index in [1.54, 1.807) is 35.1 Å². The second-order valence-corrected chi connectivity index (χ2v) is 9.82. The lowest BCUT2D eigenvalue weighted by molar-refractivity contribution is 0.103. The number of fused-ring (bicyclic) bond motifs is 1.